The Labute approximate surface area is 118 Å². The third-order valence-corrected chi connectivity index (χ3v) is 2.76. The minimum absolute atomic E-state index is 0.0778. The lowest BCUT2D eigenvalue weighted by atomic mass is 10.3. The summed E-state index contributed by atoms with van der Waals surface area (Å²) in [6.07, 6.45) is 4.86. The van der Waals surface area contributed by atoms with E-state index in [0.29, 0.717) is 11.5 Å². The number of nitro benzene ring substituents is 1. The number of rotatable bonds is 4. The number of para-hydroxylation sites is 2. The van der Waals surface area contributed by atoms with Crippen LogP contribution in [-0.2, 0) is 0 Å². The van der Waals surface area contributed by atoms with Crippen LogP contribution in [0.4, 0.5) is 11.5 Å². The summed E-state index contributed by atoms with van der Waals surface area (Å²) in [6, 6.07) is 6.03. The lowest BCUT2D eigenvalue weighted by Crippen LogP contribution is -2.10. The number of anilines is 1. The summed E-state index contributed by atoms with van der Waals surface area (Å²) in [5.74, 6) is 5.88. The van der Waals surface area contributed by atoms with Crippen molar-refractivity contribution in [2.24, 2.45) is 5.84 Å². The first-order valence-electron chi connectivity index (χ1n) is 5.90. The fraction of sp³-hybridized carbons (Fsp3) is 0. The molecule has 3 rings (SSSR count). The van der Waals surface area contributed by atoms with Gasteiger partial charge in [0.15, 0.2) is 5.82 Å². The first-order valence-corrected chi connectivity index (χ1v) is 5.90. The van der Waals surface area contributed by atoms with Crippen molar-refractivity contribution in [3.05, 3.63) is 53.0 Å². The Kier molecular flexibility index (Phi) is 3.09. The first-order chi connectivity index (χ1) is 10.2. The average Bonchev–Trinajstić information content (AvgIpc) is 2.96. The maximum absolute atomic E-state index is 11.0. The zero-order chi connectivity index (χ0) is 14.8. The number of nitrogens with two attached hydrogens (primary N) is 1. The van der Waals surface area contributed by atoms with Crippen LogP contribution in [0.2, 0.25) is 0 Å². The molecule has 2 heterocycles. The fourth-order valence-electron chi connectivity index (χ4n) is 1.84. The molecule has 9 heteroatoms. The van der Waals surface area contributed by atoms with Crippen molar-refractivity contribution in [1.29, 1.82) is 0 Å². The molecule has 0 unspecified atom stereocenters. The van der Waals surface area contributed by atoms with E-state index >= 15 is 0 Å². The monoisotopic (exact) mass is 286 g/mol. The number of nitrogens with one attached hydrogen (secondary N) is 1. The fourth-order valence-corrected chi connectivity index (χ4v) is 1.84. The van der Waals surface area contributed by atoms with Crippen LogP contribution < -0.4 is 16.0 Å². The number of hydrazine groups is 1. The summed E-state index contributed by atoms with van der Waals surface area (Å²) in [5.41, 5.74) is 2.66. The topological polar surface area (TPSA) is 121 Å². The number of benzene rings is 1. The molecule has 1 aromatic carbocycles. The van der Waals surface area contributed by atoms with Gasteiger partial charge in [-0.1, -0.05) is 12.1 Å². The molecule has 0 saturated carbocycles. The van der Waals surface area contributed by atoms with Gasteiger partial charge in [0.05, 0.1) is 11.1 Å². The van der Waals surface area contributed by atoms with Crippen LogP contribution in [0.1, 0.15) is 0 Å². The summed E-state index contributed by atoms with van der Waals surface area (Å²) < 4.78 is 7.20. The lowest BCUT2D eigenvalue weighted by molar-refractivity contribution is -0.385. The Bertz CT molecular complexity index is 816. The molecule has 106 valence electrons. The number of nitrogen functional groups attached to an aromatic ring is 1. The summed E-state index contributed by atoms with van der Waals surface area (Å²) >= 11 is 0. The Morgan fingerprint density at radius 2 is 2.19 bits per heavy atom. The van der Waals surface area contributed by atoms with Gasteiger partial charge in [0.1, 0.15) is 0 Å². The highest BCUT2D eigenvalue weighted by Gasteiger charge is 2.17. The van der Waals surface area contributed by atoms with E-state index in [1.807, 2.05) is 0 Å². The minimum atomic E-state index is -0.525. The Morgan fingerprint density at radius 3 is 2.95 bits per heavy atom. The highest BCUT2D eigenvalue weighted by molar-refractivity contribution is 5.57. The number of nitro groups is 1. The molecule has 0 bridgehead atoms. The molecular formula is C12H10N6O3. The number of ether oxygens (including phenoxy) is 1. The van der Waals surface area contributed by atoms with Gasteiger partial charge in [-0.15, -0.1) is 0 Å². The van der Waals surface area contributed by atoms with Crippen molar-refractivity contribution in [2.75, 3.05) is 5.43 Å². The molecular weight excluding hydrogens is 276 g/mol. The number of hydrogen-bond acceptors (Lipinski definition) is 7. The number of nitrogens with zero attached hydrogens (tertiary/aromatic N) is 4. The third-order valence-electron chi connectivity index (χ3n) is 2.76. The minimum Gasteiger partial charge on any atom is -0.428 e. The number of fused-ring (bicyclic) bond motifs is 1. The lowest BCUT2D eigenvalue weighted by Gasteiger charge is -2.08. The standard InChI is InChI=1S/C12H10N6O3/c13-16-10-7-17-6-5-14-11(17)12(15-10)21-9-4-2-1-3-8(9)18(19)20/h1-7,16H,13H2. The Hall–Kier alpha value is -3.20. The Balaban J connectivity index is 2.10. The zero-order valence-electron chi connectivity index (χ0n) is 10.6. The largest absolute Gasteiger partial charge is 0.428 e. The highest BCUT2D eigenvalue weighted by Crippen LogP contribution is 2.31. The maximum Gasteiger partial charge on any atom is 0.311 e. The molecule has 0 fully saturated rings. The molecule has 0 aliphatic heterocycles. The molecule has 0 radical (unpaired) electrons. The SMILES string of the molecule is NNc1cn2ccnc2c(Oc2ccccc2[N+](=O)[O-])n1. The predicted molar refractivity (Wildman–Crippen MR) is 74.0 cm³/mol. The third kappa shape index (κ3) is 2.32. The summed E-state index contributed by atoms with van der Waals surface area (Å²) in [7, 11) is 0. The van der Waals surface area contributed by atoms with Gasteiger partial charge in [0.25, 0.3) is 5.88 Å². The molecule has 0 spiro atoms. The van der Waals surface area contributed by atoms with E-state index in [1.165, 1.54) is 12.1 Å². The zero-order valence-corrected chi connectivity index (χ0v) is 10.6. The van der Waals surface area contributed by atoms with Crippen molar-refractivity contribution in [3.63, 3.8) is 0 Å². The van der Waals surface area contributed by atoms with Crippen molar-refractivity contribution in [1.82, 2.24) is 14.4 Å². The smallest absolute Gasteiger partial charge is 0.311 e. The van der Waals surface area contributed by atoms with E-state index in [9.17, 15) is 10.1 Å². The first kappa shape index (κ1) is 12.8. The van der Waals surface area contributed by atoms with Crippen molar-refractivity contribution < 1.29 is 9.66 Å². The second-order valence-corrected chi connectivity index (χ2v) is 4.06. The van der Waals surface area contributed by atoms with E-state index < -0.39 is 4.92 Å². The van der Waals surface area contributed by atoms with Crippen LogP contribution in [0, 0.1) is 10.1 Å². The van der Waals surface area contributed by atoms with Gasteiger partial charge in [-0.05, 0) is 6.07 Å². The number of hydrogen-bond donors (Lipinski definition) is 2. The second-order valence-electron chi connectivity index (χ2n) is 4.06. The van der Waals surface area contributed by atoms with E-state index in [4.69, 9.17) is 10.6 Å². The van der Waals surface area contributed by atoms with Gasteiger partial charge < -0.3 is 10.2 Å². The molecule has 0 saturated heterocycles. The highest BCUT2D eigenvalue weighted by atomic mass is 16.6. The van der Waals surface area contributed by atoms with Crippen molar-refractivity contribution in [2.45, 2.75) is 0 Å². The summed E-state index contributed by atoms with van der Waals surface area (Å²) in [5, 5.41) is 11.0. The van der Waals surface area contributed by atoms with Gasteiger partial charge in [-0.2, -0.15) is 4.98 Å². The molecule has 3 aromatic rings. The summed E-state index contributed by atoms with van der Waals surface area (Å²) in [6.45, 7) is 0. The molecule has 9 nitrogen and oxygen atoms in total. The normalized spacial score (nSPS) is 10.5. The maximum atomic E-state index is 11.0. The molecule has 3 N–H and O–H groups in total. The van der Waals surface area contributed by atoms with E-state index in [-0.39, 0.29) is 17.3 Å². The van der Waals surface area contributed by atoms with Crippen LogP contribution in [-0.4, -0.2) is 19.3 Å². The average molecular weight is 286 g/mol. The predicted octanol–water partition coefficient (Wildman–Crippen LogP) is 1.72. The second kappa shape index (κ2) is 5.06. The molecule has 0 aliphatic carbocycles. The molecule has 0 amide bonds. The van der Waals surface area contributed by atoms with Gasteiger partial charge in [0.2, 0.25) is 11.4 Å². The van der Waals surface area contributed by atoms with E-state index in [2.05, 4.69) is 15.4 Å². The van der Waals surface area contributed by atoms with Gasteiger partial charge >= 0.3 is 5.69 Å². The summed E-state index contributed by atoms with van der Waals surface area (Å²) in [4.78, 5) is 18.7. The van der Waals surface area contributed by atoms with Crippen LogP contribution >= 0.6 is 0 Å². The van der Waals surface area contributed by atoms with Gasteiger partial charge in [-0.3, -0.25) is 14.5 Å². The quantitative estimate of drug-likeness (QED) is 0.425. The van der Waals surface area contributed by atoms with Crippen LogP contribution in [0.25, 0.3) is 5.65 Å². The van der Waals surface area contributed by atoms with E-state index in [1.54, 1.807) is 35.1 Å². The van der Waals surface area contributed by atoms with Crippen molar-refractivity contribution in [3.8, 4) is 11.6 Å². The van der Waals surface area contributed by atoms with E-state index in [0.717, 1.165) is 0 Å². The van der Waals surface area contributed by atoms with Crippen molar-refractivity contribution >= 4 is 17.2 Å². The molecule has 2 aromatic heterocycles. The number of aromatic nitrogens is 3. The molecule has 21 heavy (non-hydrogen) atoms. The van der Waals surface area contributed by atoms with Crippen LogP contribution in [0.3, 0.4) is 0 Å². The Morgan fingerprint density at radius 1 is 1.38 bits per heavy atom. The van der Waals surface area contributed by atoms with Crippen LogP contribution in [0.15, 0.2) is 42.9 Å². The number of imidazole rings is 1. The van der Waals surface area contributed by atoms with Gasteiger partial charge in [-0.25, -0.2) is 10.8 Å². The molecule has 0 aliphatic rings. The van der Waals surface area contributed by atoms with Crippen LogP contribution in [0.5, 0.6) is 11.6 Å². The molecule has 0 atom stereocenters. The van der Waals surface area contributed by atoms with Gasteiger partial charge in [0, 0.05) is 18.5 Å².